The van der Waals surface area contributed by atoms with E-state index in [1.54, 1.807) is 0 Å². The number of hydrogen-bond acceptors (Lipinski definition) is 2. The van der Waals surface area contributed by atoms with Gasteiger partial charge < -0.3 is 5.21 Å². The Morgan fingerprint density at radius 2 is 2.27 bits per heavy atom. The van der Waals surface area contributed by atoms with Crippen LogP contribution in [0.2, 0.25) is 0 Å². The summed E-state index contributed by atoms with van der Waals surface area (Å²) in [5.41, 5.74) is -0.201. The van der Waals surface area contributed by atoms with E-state index in [2.05, 4.69) is 11.2 Å². The molecule has 1 aromatic carbocycles. The second kappa shape index (κ2) is 3.09. The molecule has 0 heterocycles. The zero-order valence-corrected chi connectivity index (χ0v) is 5.38. The molecule has 1 N–H and O–H groups in total. The van der Waals surface area contributed by atoms with Crippen LogP contribution in [0.15, 0.2) is 17.3 Å². The van der Waals surface area contributed by atoms with Crippen molar-refractivity contribution in [3.8, 4) is 0 Å². The summed E-state index contributed by atoms with van der Waals surface area (Å²) in [5.74, 6) is -2.05. The van der Waals surface area contributed by atoms with Gasteiger partial charge in [0.1, 0.15) is 0 Å². The molecule has 0 aliphatic rings. The number of nitrogens with zero attached hydrogens (tertiary/aromatic N) is 1. The average Bonchev–Trinajstić information content (AvgIpc) is 1.99. The Morgan fingerprint density at radius 1 is 1.55 bits per heavy atom. The average molecular weight is 156 g/mol. The molecule has 0 aliphatic carbocycles. The second-order valence-electron chi connectivity index (χ2n) is 1.80. The topological polar surface area (TPSA) is 32.6 Å². The zero-order valence-electron chi connectivity index (χ0n) is 5.38. The van der Waals surface area contributed by atoms with E-state index >= 15 is 0 Å². The standard InChI is InChI=1S/C7H4F2NO/c8-6-3-1-2-5(4-10-11)7(6)9/h1,3-4,11H. The van der Waals surface area contributed by atoms with Crippen LogP contribution in [0.1, 0.15) is 5.56 Å². The summed E-state index contributed by atoms with van der Waals surface area (Å²) in [7, 11) is 0. The molecule has 1 rings (SSSR count). The van der Waals surface area contributed by atoms with Gasteiger partial charge in [0.2, 0.25) is 0 Å². The largest absolute Gasteiger partial charge is 0.411 e. The molecule has 0 aliphatic heterocycles. The van der Waals surface area contributed by atoms with Crippen LogP contribution in [0.25, 0.3) is 0 Å². The minimum Gasteiger partial charge on any atom is -0.411 e. The van der Waals surface area contributed by atoms with Crippen LogP contribution in [-0.2, 0) is 0 Å². The van der Waals surface area contributed by atoms with Crippen LogP contribution in [0.5, 0.6) is 0 Å². The Hall–Kier alpha value is -1.45. The molecule has 57 valence electrons. The lowest BCUT2D eigenvalue weighted by Gasteiger charge is -1.93. The first kappa shape index (κ1) is 7.65. The fraction of sp³-hybridized carbons (Fsp3) is 0. The fourth-order valence-corrected chi connectivity index (χ4v) is 0.621. The minimum absolute atomic E-state index is 0.201. The third kappa shape index (κ3) is 1.52. The highest BCUT2D eigenvalue weighted by Crippen LogP contribution is 2.07. The first-order chi connectivity index (χ1) is 5.25. The van der Waals surface area contributed by atoms with Gasteiger partial charge in [-0.1, -0.05) is 11.2 Å². The van der Waals surface area contributed by atoms with Crippen molar-refractivity contribution in [2.75, 3.05) is 0 Å². The SMILES string of the molecule is ON=Cc1[c]ccc(F)c1F. The van der Waals surface area contributed by atoms with Gasteiger partial charge in [0.15, 0.2) is 11.6 Å². The zero-order chi connectivity index (χ0) is 8.27. The van der Waals surface area contributed by atoms with Crippen LogP contribution < -0.4 is 0 Å². The van der Waals surface area contributed by atoms with E-state index in [-0.39, 0.29) is 5.56 Å². The molecule has 1 aromatic rings. The lowest BCUT2D eigenvalue weighted by Crippen LogP contribution is -1.92. The number of oxime groups is 1. The van der Waals surface area contributed by atoms with Gasteiger partial charge in [0, 0.05) is 5.56 Å². The molecule has 0 atom stereocenters. The van der Waals surface area contributed by atoms with Crippen LogP contribution >= 0.6 is 0 Å². The molecule has 11 heavy (non-hydrogen) atoms. The molecule has 0 aromatic heterocycles. The number of benzene rings is 1. The normalized spacial score (nSPS) is 10.7. The third-order valence-electron chi connectivity index (χ3n) is 1.10. The van der Waals surface area contributed by atoms with Crippen molar-refractivity contribution in [3.05, 3.63) is 35.4 Å². The first-order valence-corrected chi connectivity index (χ1v) is 2.79. The summed E-state index contributed by atoms with van der Waals surface area (Å²) < 4.78 is 24.9. The predicted molar refractivity (Wildman–Crippen MR) is 34.6 cm³/mol. The Morgan fingerprint density at radius 3 is 2.91 bits per heavy atom. The van der Waals surface area contributed by atoms with E-state index < -0.39 is 11.6 Å². The van der Waals surface area contributed by atoms with Gasteiger partial charge in [-0.05, 0) is 12.1 Å². The van der Waals surface area contributed by atoms with Gasteiger partial charge in [-0.25, -0.2) is 8.78 Å². The molecule has 0 fully saturated rings. The highest BCUT2D eigenvalue weighted by Gasteiger charge is 2.04. The Labute approximate surface area is 61.8 Å². The first-order valence-electron chi connectivity index (χ1n) is 2.79. The van der Waals surface area contributed by atoms with E-state index in [0.29, 0.717) is 0 Å². The molecular weight excluding hydrogens is 152 g/mol. The summed E-state index contributed by atoms with van der Waals surface area (Å²) in [6.07, 6.45) is 0.776. The van der Waals surface area contributed by atoms with Gasteiger partial charge >= 0.3 is 0 Å². The molecule has 0 saturated heterocycles. The minimum atomic E-state index is -1.06. The smallest absolute Gasteiger partial charge is 0.168 e. The van der Waals surface area contributed by atoms with E-state index in [0.717, 1.165) is 12.3 Å². The van der Waals surface area contributed by atoms with Crippen LogP contribution in [0.4, 0.5) is 8.78 Å². The summed E-state index contributed by atoms with van der Waals surface area (Å²) in [6.45, 7) is 0. The summed E-state index contributed by atoms with van der Waals surface area (Å²) in [5, 5.41) is 10.5. The molecule has 0 bridgehead atoms. The van der Waals surface area contributed by atoms with Gasteiger partial charge in [0.25, 0.3) is 0 Å². The molecule has 1 radical (unpaired) electrons. The van der Waals surface area contributed by atoms with Crippen LogP contribution in [0, 0.1) is 17.7 Å². The summed E-state index contributed by atoms with van der Waals surface area (Å²) in [4.78, 5) is 0. The molecule has 4 heteroatoms. The monoisotopic (exact) mass is 156 g/mol. The number of halogens is 2. The summed E-state index contributed by atoms with van der Waals surface area (Å²) in [6, 6.07) is 4.49. The summed E-state index contributed by atoms with van der Waals surface area (Å²) >= 11 is 0. The maximum atomic E-state index is 12.6. The van der Waals surface area contributed by atoms with Crippen molar-refractivity contribution in [1.29, 1.82) is 0 Å². The lowest BCUT2D eigenvalue weighted by molar-refractivity contribution is 0.321. The molecule has 0 amide bonds. The number of rotatable bonds is 1. The van der Waals surface area contributed by atoms with E-state index in [1.807, 2.05) is 0 Å². The van der Waals surface area contributed by atoms with E-state index in [9.17, 15) is 8.78 Å². The molecule has 0 saturated carbocycles. The van der Waals surface area contributed by atoms with E-state index in [4.69, 9.17) is 5.21 Å². The van der Waals surface area contributed by atoms with Gasteiger partial charge in [-0.15, -0.1) is 0 Å². The van der Waals surface area contributed by atoms with Crippen LogP contribution in [-0.4, -0.2) is 11.4 Å². The van der Waals surface area contributed by atoms with Crippen molar-refractivity contribution in [2.24, 2.45) is 5.16 Å². The maximum Gasteiger partial charge on any atom is 0.168 e. The van der Waals surface area contributed by atoms with Crippen molar-refractivity contribution < 1.29 is 14.0 Å². The fourth-order valence-electron chi connectivity index (χ4n) is 0.621. The molecular formula is C7H4F2NO. The van der Waals surface area contributed by atoms with Crippen molar-refractivity contribution in [3.63, 3.8) is 0 Å². The third-order valence-corrected chi connectivity index (χ3v) is 1.10. The molecule has 0 spiro atoms. The van der Waals surface area contributed by atoms with Crippen molar-refractivity contribution in [2.45, 2.75) is 0 Å². The van der Waals surface area contributed by atoms with Crippen molar-refractivity contribution >= 4 is 6.21 Å². The van der Waals surface area contributed by atoms with Crippen molar-refractivity contribution in [1.82, 2.24) is 0 Å². The predicted octanol–water partition coefficient (Wildman–Crippen LogP) is 1.57. The second-order valence-corrected chi connectivity index (χ2v) is 1.80. The van der Waals surface area contributed by atoms with Gasteiger partial charge in [0.05, 0.1) is 6.21 Å². The Kier molecular flexibility index (Phi) is 2.15. The van der Waals surface area contributed by atoms with Crippen LogP contribution in [0.3, 0.4) is 0 Å². The lowest BCUT2D eigenvalue weighted by atomic mass is 10.2. The highest BCUT2D eigenvalue weighted by molar-refractivity contribution is 5.78. The highest BCUT2D eigenvalue weighted by atomic mass is 19.2. The quantitative estimate of drug-likeness (QED) is 0.373. The van der Waals surface area contributed by atoms with E-state index in [1.165, 1.54) is 6.07 Å². The van der Waals surface area contributed by atoms with Gasteiger partial charge in [-0.3, -0.25) is 0 Å². The molecule has 0 unspecified atom stereocenters. The maximum absolute atomic E-state index is 12.6. The number of hydrogen-bond donors (Lipinski definition) is 1. The Balaban J connectivity index is 3.16. The molecule has 2 nitrogen and oxygen atoms in total. The van der Waals surface area contributed by atoms with Gasteiger partial charge in [-0.2, -0.15) is 0 Å². The Bertz CT molecular complexity index is 286.